The number of ketones is 2. The van der Waals surface area contributed by atoms with Crippen molar-refractivity contribution in [3.63, 3.8) is 0 Å². The van der Waals surface area contributed by atoms with Gasteiger partial charge in [-0.2, -0.15) is 0 Å². The second kappa shape index (κ2) is 8.17. The average Bonchev–Trinajstić information content (AvgIpc) is 3.36. The van der Waals surface area contributed by atoms with E-state index in [-0.39, 0.29) is 17.5 Å². The molecule has 1 N–H and O–H groups in total. The summed E-state index contributed by atoms with van der Waals surface area (Å²) in [4.78, 5) is 44.1. The minimum atomic E-state index is -1.27. The molecule has 37 heavy (non-hydrogen) atoms. The lowest BCUT2D eigenvalue weighted by atomic mass is 9.64. The Bertz CT molecular complexity index is 1510. The first-order valence-corrected chi connectivity index (χ1v) is 12.5. The minimum Gasteiger partial charge on any atom is -0.497 e. The van der Waals surface area contributed by atoms with E-state index in [0.717, 1.165) is 28.0 Å². The highest BCUT2D eigenvalue weighted by atomic mass is 16.5. The van der Waals surface area contributed by atoms with E-state index in [9.17, 15) is 14.4 Å². The molecule has 1 spiro atoms. The summed E-state index contributed by atoms with van der Waals surface area (Å²) in [6.07, 6.45) is 2.07. The summed E-state index contributed by atoms with van der Waals surface area (Å²) >= 11 is 0. The van der Waals surface area contributed by atoms with E-state index in [1.54, 1.807) is 31.4 Å². The quantitative estimate of drug-likeness (QED) is 0.522. The Morgan fingerprint density at radius 1 is 1.00 bits per heavy atom. The molecule has 1 amide bonds. The van der Waals surface area contributed by atoms with Crippen molar-refractivity contribution in [1.29, 1.82) is 0 Å². The number of hydrogen-bond acceptors (Lipinski definition) is 5. The number of hydrogen-bond donors (Lipinski definition) is 1. The highest BCUT2D eigenvalue weighted by Crippen LogP contribution is 2.58. The van der Waals surface area contributed by atoms with Gasteiger partial charge in [0.1, 0.15) is 11.2 Å². The van der Waals surface area contributed by atoms with Crippen LogP contribution in [0.4, 0.5) is 11.4 Å². The summed E-state index contributed by atoms with van der Waals surface area (Å²) in [5.41, 5.74) is 4.63. The van der Waals surface area contributed by atoms with Crippen molar-refractivity contribution in [1.82, 2.24) is 0 Å². The number of anilines is 2. The summed E-state index contributed by atoms with van der Waals surface area (Å²) in [5.74, 6) is -0.929. The van der Waals surface area contributed by atoms with Gasteiger partial charge in [-0.15, -0.1) is 0 Å². The van der Waals surface area contributed by atoms with Crippen molar-refractivity contribution >= 4 is 34.4 Å². The molecule has 6 rings (SSSR count). The zero-order chi connectivity index (χ0) is 26.1. The third-order valence-corrected chi connectivity index (χ3v) is 8.21. The van der Waals surface area contributed by atoms with Crippen molar-refractivity contribution in [2.24, 2.45) is 5.92 Å². The van der Waals surface area contributed by atoms with Crippen molar-refractivity contribution in [2.75, 3.05) is 17.3 Å². The van der Waals surface area contributed by atoms with E-state index >= 15 is 0 Å². The molecule has 3 aromatic carbocycles. The van der Waals surface area contributed by atoms with Gasteiger partial charge in [0.25, 0.3) is 0 Å². The fourth-order valence-electron chi connectivity index (χ4n) is 6.63. The minimum absolute atomic E-state index is 0.148. The predicted octanol–water partition coefficient (Wildman–Crippen LogP) is 4.96. The van der Waals surface area contributed by atoms with Gasteiger partial charge < -0.3 is 15.0 Å². The fraction of sp³-hybridized carbons (Fsp3) is 0.258. The number of rotatable bonds is 4. The lowest BCUT2D eigenvalue weighted by Gasteiger charge is -2.39. The lowest BCUT2D eigenvalue weighted by Crippen LogP contribution is -2.51. The Morgan fingerprint density at radius 2 is 1.73 bits per heavy atom. The van der Waals surface area contributed by atoms with Gasteiger partial charge >= 0.3 is 0 Å². The lowest BCUT2D eigenvalue weighted by molar-refractivity contribution is -0.122. The number of nitrogens with one attached hydrogen (secondary N) is 1. The van der Waals surface area contributed by atoms with Crippen LogP contribution in [-0.2, 0) is 15.0 Å². The largest absolute Gasteiger partial charge is 0.497 e. The molecule has 6 heteroatoms. The Morgan fingerprint density at radius 3 is 2.43 bits per heavy atom. The number of nitrogens with zero attached hydrogens (tertiary/aromatic N) is 1. The first kappa shape index (κ1) is 23.2. The van der Waals surface area contributed by atoms with Gasteiger partial charge in [0.15, 0.2) is 11.6 Å². The highest BCUT2D eigenvalue weighted by molar-refractivity contribution is 6.16. The average molecular weight is 493 g/mol. The molecule has 4 atom stereocenters. The molecule has 0 aliphatic carbocycles. The SMILES string of the molecule is COc1ccc(C(=O)[C@@H]2[C@@H](C(C)=O)N3c4ccc(C)cc4C(C)=C[C@H]3[C@]23C(=O)Nc2ccccc23)cc1. The standard InChI is InChI=1S/C31H28N2O4/c1-17-9-14-25-22(15-17)18(2)16-26-31(23-7-5-6-8-24(23)32-30(31)36)27(28(19(3)34)33(25)26)29(35)20-10-12-21(37-4)13-11-20/h5-16,26-28H,1-4H3,(H,32,36)/t26-,27-,28+,31-/m0/s1. The van der Waals surface area contributed by atoms with Crippen LogP contribution in [0.15, 0.2) is 72.8 Å². The highest BCUT2D eigenvalue weighted by Gasteiger charge is 2.70. The molecule has 0 saturated carbocycles. The molecule has 0 bridgehead atoms. The number of ether oxygens (including phenoxy) is 1. The maximum Gasteiger partial charge on any atom is 0.238 e. The first-order chi connectivity index (χ1) is 17.8. The molecule has 0 radical (unpaired) electrons. The fourth-order valence-corrected chi connectivity index (χ4v) is 6.63. The van der Waals surface area contributed by atoms with Crippen molar-refractivity contribution < 1.29 is 19.1 Å². The molecule has 6 nitrogen and oxygen atoms in total. The number of aryl methyl sites for hydroxylation is 1. The van der Waals surface area contributed by atoms with Gasteiger partial charge in [-0.3, -0.25) is 14.4 Å². The number of para-hydroxylation sites is 1. The van der Waals surface area contributed by atoms with Crippen LogP contribution in [0.5, 0.6) is 5.75 Å². The molecule has 0 aromatic heterocycles. The molecule has 3 heterocycles. The smallest absolute Gasteiger partial charge is 0.238 e. The van der Waals surface area contributed by atoms with Gasteiger partial charge in [0.2, 0.25) is 5.91 Å². The Hall–Kier alpha value is -4.19. The van der Waals surface area contributed by atoms with Crippen LogP contribution in [0.3, 0.4) is 0 Å². The topological polar surface area (TPSA) is 75.7 Å². The van der Waals surface area contributed by atoms with E-state index in [1.807, 2.05) is 55.1 Å². The summed E-state index contributed by atoms with van der Waals surface area (Å²) in [6.45, 7) is 5.58. The van der Waals surface area contributed by atoms with Gasteiger partial charge in [-0.1, -0.05) is 35.9 Å². The molecular weight excluding hydrogens is 464 g/mol. The number of amides is 1. The number of Topliss-reactive ketones (excluding diaryl/α,β-unsaturated/α-hetero) is 2. The number of fused-ring (bicyclic) bond motifs is 6. The van der Waals surface area contributed by atoms with Gasteiger partial charge in [-0.25, -0.2) is 0 Å². The normalized spacial score (nSPS) is 25.2. The zero-order valence-corrected chi connectivity index (χ0v) is 21.2. The van der Waals surface area contributed by atoms with Crippen LogP contribution in [0, 0.1) is 12.8 Å². The van der Waals surface area contributed by atoms with E-state index in [0.29, 0.717) is 17.0 Å². The van der Waals surface area contributed by atoms with Crippen LogP contribution >= 0.6 is 0 Å². The number of methoxy groups -OCH3 is 1. The monoisotopic (exact) mass is 492 g/mol. The van der Waals surface area contributed by atoms with Gasteiger partial charge in [-0.05, 0) is 74.4 Å². The van der Waals surface area contributed by atoms with E-state index in [1.165, 1.54) is 6.92 Å². The molecule has 0 unspecified atom stereocenters. The summed E-state index contributed by atoms with van der Waals surface area (Å²) < 4.78 is 5.28. The van der Waals surface area contributed by atoms with Gasteiger partial charge in [0, 0.05) is 22.5 Å². The predicted molar refractivity (Wildman–Crippen MR) is 143 cm³/mol. The van der Waals surface area contributed by atoms with Crippen molar-refractivity contribution in [3.05, 3.63) is 95.1 Å². The van der Waals surface area contributed by atoms with Crippen molar-refractivity contribution in [2.45, 2.75) is 38.3 Å². The summed E-state index contributed by atoms with van der Waals surface area (Å²) in [7, 11) is 1.57. The first-order valence-electron chi connectivity index (χ1n) is 12.5. The van der Waals surface area contributed by atoms with E-state index in [2.05, 4.69) is 17.5 Å². The summed E-state index contributed by atoms with van der Waals surface area (Å²) in [5, 5.41) is 3.05. The van der Waals surface area contributed by atoms with Crippen LogP contribution in [0.1, 0.15) is 40.9 Å². The van der Waals surface area contributed by atoms with Crippen LogP contribution in [0.2, 0.25) is 0 Å². The number of carbonyl (C=O) groups is 3. The summed E-state index contributed by atoms with van der Waals surface area (Å²) in [6, 6.07) is 19.2. The second-order valence-electron chi connectivity index (χ2n) is 10.2. The zero-order valence-electron chi connectivity index (χ0n) is 21.2. The third kappa shape index (κ3) is 3.08. The Kier molecular flexibility index (Phi) is 5.13. The molecule has 186 valence electrons. The maximum absolute atomic E-state index is 14.4. The van der Waals surface area contributed by atoms with Crippen LogP contribution in [-0.4, -0.2) is 36.7 Å². The van der Waals surface area contributed by atoms with E-state index in [4.69, 9.17) is 4.74 Å². The van der Waals surface area contributed by atoms with E-state index < -0.39 is 23.4 Å². The number of benzene rings is 3. The number of carbonyl (C=O) groups excluding carboxylic acids is 3. The molecule has 1 saturated heterocycles. The van der Waals surface area contributed by atoms with Gasteiger partial charge in [0.05, 0.1) is 25.1 Å². The van der Waals surface area contributed by atoms with Crippen LogP contribution in [0.25, 0.3) is 5.57 Å². The molecular formula is C31H28N2O4. The second-order valence-corrected chi connectivity index (χ2v) is 10.2. The molecule has 3 aromatic rings. The Balaban J connectivity index is 1.65. The third-order valence-electron chi connectivity index (χ3n) is 8.21. The Labute approximate surface area is 215 Å². The van der Waals surface area contributed by atoms with Crippen LogP contribution < -0.4 is 15.0 Å². The molecule has 3 aliphatic heterocycles. The molecule has 3 aliphatic rings. The maximum atomic E-state index is 14.4. The van der Waals surface area contributed by atoms with Crippen molar-refractivity contribution in [3.8, 4) is 5.75 Å². The molecule has 1 fully saturated rings. The number of allylic oxidation sites excluding steroid dienone is 1.